The molecule has 2 atom stereocenters. The van der Waals surface area contributed by atoms with Crippen LogP contribution in [0.25, 0.3) is 0 Å². The number of aliphatic hydroxyl groups excluding tert-OH is 1. The van der Waals surface area contributed by atoms with Crippen LogP contribution in [0, 0.1) is 0 Å². The molecule has 0 aliphatic carbocycles. The lowest BCUT2D eigenvalue weighted by molar-refractivity contribution is -0.134. The molecule has 2 rings (SSSR count). The molecule has 1 heterocycles. The molecular weight excluding hydrogens is 244 g/mol. The van der Waals surface area contributed by atoms with Gasteiger partial charge in [-0.1, -0.05) is 12.1 Å². The maximum Gasteiger partial charge on any atom is 0.240 e. The van der Waals surface area contributed by atoms with E-state index in [0.717, 1.165) is 18.4 Å². The number of likely N-dealkylation sites (tertiary alicyclic amines) is 1. The van der Waals surface area contributed by atoms with E-state index in [-0.39, 0.29) is 24.3 Å². The molecule has 0 bridgehead atoms. The van der Waals surface area contributed by atoms with Crippen molar-refractivity contribution in [3.63, 3.8) is 0 Å². The average molecular weight is 264 g/mol. The van der Waals surface area contributed by atoms with Crippen LogP contribution in [0.5, 0.6) is 5.75 Å². The molecule has 1 saturated heterocycles. The molecule has 0 saturated carbocycles. The van der Waals surface area contributed by atoms with Gasteiger partial charge in [-0.3, -0.25) is 4.79 Å². The number of aliphatic hydroxyl groups is 1. The van der Waals surface area contributed by atoms with Crippen LogP contribution >= 0.6 is 0 Å². The summed E-state index contributed by atoms with van der Waals surface area (Å²) >= 11 is 0. The van der Waals surface area contributed by atoms with Crippen LogP contribution in [0.1, 0.15) is 18.4 Å². The van der Waals surface area contributed by atoms with Crippen molar-refractivity contribution in [2.75, 3.05) is 13.2 Å². The highest BCUT2D eigenvalue weighted by atomic mass is 16.3. The van der Waals surface area contributed by atoms with E-state index in [0.29, 0.717) is 13.0 Å². The minimum absolute atomic E-state index is 0.00231. The Kier molecular flexibility index (Phi) is 4.39. The summed E-state index contributed by atoms with van der Waals surface area (Å²) in [6, 6.07) is 6.00. The Morgan fingerprint density at radius 3 is 2.74 bits per heavy atom. The van der Waals surface area contributed by atoms with E-state index in [1.165, 1.54) is 0 Å². The Morgan fingerprint density at radius 1 is 1.42 bits per heavy atom. The van der Waals surface area contributed by atoms with Crippen LogP contribution in [-0.4, -0.2) is 46.3 Å². The van der Waals surface area contributed by atoms with Gasteiger partial charge in [0, 0.05) is 6.54 Å². The van der Waals surface area contributed by atoms with Crippen LogP contribution in [0.4, 0.5) is 0 Å². The monoisotopic (exact) mass is 264 g/mol. The largest absolute Gasteiger partial charge is 0.508 e. The van der Waals surface area contributed by atoms with Crippen molar-refractivity contribution < 1.29 is 15.0 Å². The normalized spacial score (nSPS) is 20.5. The lowest BCUT2D eigenvalue weighted by atomic mass is 10.1. The second-order valence-electron chi connectivity index (χ2n) is 4.99. The second-order valence-corrected chi connectivity index (χ2v) is 4.99. The summed E-state index contributed by atoms with van der Waals surface area (Å²) in [5.74, 6) is 0.0909. The van der Waals surface area contributed by atoms with E-state index in [1.807, 2.05) is 0 Å². The Bertz CT molecular complexity index is 433. The Balaban J connectivity index is 1.97. The second kappa shape index (κ2) is 6.04. The van der Waals surface area contributed by atoms with Gasteiger partial charge in [0.2, 0.25) is 5.91 Å². The van der Waals surface area contributed by atoms with Crippen LogP contribution in [0.3, 0.4) is 0 Å². The third kappa shape index (κ3) is 3.24. The molecule has 1 aliphatic heterocycles. The molecule has 5 heteroatoms. The van der Waals surface area contributed by atoms with Gasteiger partial charge in [0.05, 0.1) is 18.7 Å². The smallest absolute Gasteiger partial charge is 0.240 e. The van der Waals surface area contributed by atoms with Crippen LogP contribution < -0.4 is 5.73 Å². The van der Waals surface area contributed by atoms with Crippen LogP contribution in [0.15, 0.2) is 24.3 Å². The maximum atomic E-state index is 12.2. The lowest BCUT2D eigenvalue weighted by Crippen LogP contribution is -2.47. The summed E-state index contributed by atoms with van der Waals surface area (Å²) in [7, 11) is 0. The third-order valence-electron chi connectivity index (χ3n) is 3.58. The van der Waals surface area contributed by atoms with Gasteiger partial charge in [0.25, 0.3) is 0 Å². The van der Waals surface area contributed by atoms with Gasteiger partial charge in [0.15, 0.2) is 0 Å². The summed E-state index contributed by atoms with van der Waals surface area (Å²) in [6.07, 6.45) is 2.20. The van der Waals surface area contributed by atoms with Crippen molar-refractivity contribution in [3.8, 4) is 5.75 Å². The van der Waals surface area contributed by atoms with Gasteiger partial charge in [-0.05, 0) is 37.0 Å². The van der Waals surface area contributed by atoms with Crippen molar-refractivity contribution in [2.24, 2.45) is 5.73 Å². The summed E-state index contributed by atoms with van der Waals surface area (Å²) < 4.78 is 0. The van der Waals surface area contributed by atoms with E-state index in [1.54, 1.807) is 29.2 Å². The van der Waals surface area contributed by atoms with E-state index < -0.39 is 6.04 Å². The lowest BCUT2D eigenvalue weighted by Gasteiger charge is -2.26. The predicted octanol–water partition coefficient (Wildman–Crippen LogP) is 0.245. The zero-order valence-electron chi connectivity index (χ0n) is 10.8. The van der Waals surface area contributed by atoms with Crippen molar-refractivity contribution >= 4 is 5.91 Å². The minimum atomic E-state index is -0.600. The molecule has 0 unspecified atom stereocenters. The molecule has 1 aromatic carbocycles. The zero-order chi connectivity index (χ0) is 13.8. The topological polar surface area (TPSA) is 86.8 Å². The van der Waals surface area contributed by atoms with Crippen molar-refractivity contribution in [1.29, 1.82) is 0 Å². The molecule has 1 fully saturated rings. The fourth-order valence-electron chi connectivity index (χ4n) is 2.50. The fraction of sp³-hybridized carbons (Fsp3) is 0.500. The number of amides is 1. The van der Waals surface area contributed by atoms with E-state index >= 15 is 0 Å². The van der Waals surface area contributed by atoms with Gasteiger partial charge in [-0.2, -0.15) is 0 Å². The SMILES string of the molecule is N[C@@H](Cc1ccc(O)cc1)C(=O)N1CCC[C@@H]1CO. The number of phenolic OH excluding ortho intramolecular Hbond substituents is 1. The number of nitrogens with two attached hydrogens (primary N) is 1. The molecule has 1 amide bonds. The van der Waals surface area contributed by atoms with E-state index in [9.17, 15) is 15.0 Å². The van der Waals surface area contributed by atoms with E-state index in [4.69, 9.17) is 5.73 Å². The number of aromatic hydroxyl groups is 1. The molecule has 0 aromatic heterocycles. The first-order valence-electron chi connectivity index (χ1n) is 6.56. The maximum absolute atomic E-state index is 12.2. The first-order valence-corrected chi connectivity index (χ1v) is 6.56. The number of rotatable bonds is 4. The number of hydrogen-bond acceptors (Lipinski definition) is 4. The molecule has 1 aromatic rings. The molecule has 1 aliphatic rings. The number of hydrogen-bond donors (Lipinski definition) is 3. The number of benzene rings is 1. The first-order chi connectivity index (χ1) is 9.11. The Hall–Kier alpha value is -1.59. The van der Waals surface area contributed by atoms with Crippen LogP contribution in [-0.2, 0) is 11.2 Å². The van der Waals surface area contributed by atoms with Gasteiger partial charge < -0.3 is 20.8 Å². The number of nitrogens with zero attached hydrogens (tertiary/aromatic N) is 1. The quantitative estimate of drug-likeness (QED) is 0.727. The molecule has 5 nitrogen and oxygen atoms in total. The molecule has 0 spiro atoms. The predicted molar refractivity (Wildman–Crippen MR) is 71.6 cm³/mol. The highest BCUT2D eigenvalue weighted by Crippen LogP contribution is 2.18. The Morgan fingerprint density at radius 2 is 2.11 bits per heavy atom. The summed E-state index contributed by atoms with van der Waals surface area (Å²) in [5, 5.41) is 18.4. The molecular formula is C14H20N2O3. The molecule has 4 N–H and O–H groups in total. The standard InChI is InChI=1S/C14H20N2O3/c15-13(8-10-3-5-12(18)6-4-10)14(19)16-7-1-2-11(16)9-17/h3-6,11,13,17-18H,1-2,7-9,15H2/t11-,13+/m1/s1. The van der Waals surface area contributed by atoms with Crippen LogP contribution in [0.2, 0.25) is 0 Å². The number of carbonyl (C=O) groups excluding carboxylic acids is 1. The van der Waals surface area contributed by atoms with Gasteiger partial charge in [-0.25, -0.2) is 0 Å². The summed E-state index contributed by atoms with van der Waals surface area (Å²) in [6.45, 7) is 0.672. The average Bonchev–Trinajstić information content (AvgIpc) is 2.88. The fourth-order valence-corrected chi connectivity index (χ4v) is 2.50. The highest BCUT2D eigenvalue weighted by Gasteiger charge is 2.31. The zero-order valence-corrected chi connectivity index (χ0v) is 10.8. The highest BCUT2D eigenvalue weighted by molar-refractivity contribution is 5.82. The summed E-state index contributed by atoms with van der Waals surface area (Å²) in [4.78, 5) is 13.9. The summed E-state index contributed by atoms with van der Waals surface area (Å²) in [5.41, 5.74) is 6.86. The third-order valence-corrected chi connectivity index (χ3v) is 3.58. The van der Waals surface area contributed by atoms with Crippen molar-refractivity contribution in [2.45, 2.75) is 31.3 Å². The first kappa shape index (κ1) is 13.8. The Labute approximate surface area is 112 Å². The number of phenols is 1. The number of carbonyl (C=O) groups is 1. The molecule has 19 heavy (non-hydrogen) atoms. The van der Waals surface area contributed by atoms with Gasteiger partial charge >= 0.3 is 0 Å². The van der Waals surface area contributed by atoms with Crippen molar-refractivity contribution in [1.82, 2.24) is 4.90 Å². The van der Waals surface area contributed by atoms with Crippen molar-refractivity contribution in [3.05, 3.63) is 29.8 Å². The van der Waals surface area contributed by atoms with E-state index in [2.05, 4.69) is 0 Å². The van der Waals surface area contributed by atoms with Gasteiger partial charge in [0.1, 0.15) is 5.75 Å². The molecule has 0 radical (unpaired) electrons. The minimum Gasteiger partial charge on any atom is -0.508 e. The molecule has 104 valence electrons. The van der Waals surface area contributed by atoms with Gasteiger partial charge in [-0.15, -0.1) is 0 Å².